The van der Waals surface area contributed by atoms with Crippen LogP contribution in [-0.2, 0) is 11.3 Å². The highest BCUT2D eigenvalue weighted by Gasteiger charge is 2.27. The van der Waals surface area contributed by atoms with Gasteiger partial charge in [0.05, 0.1) is 30.4 Å². The molecule has 0 spiro atoms. The minimum Gasteiger partial charge on any atom is -0.478 e. The van der Waals surface area contributed by atoms with E-state index in [1.807, 2.05) is 51.1 Å². The zero-order valence-corrected chi connectivity index (χ0v) is 22.8. The van der Waals surface area contributed by atoms with E-state index < -0.39 is 23.3 Å². The second-order valence-corrected chi connectivity index (χ2v) is 10.5. The third kappa shape index (κ3) is 7.90. The summed E-state index contributed by atoms with van der Waals surface area (Å²) < 4.78 is 0. The number of hydrogen-bond acceptors (Lipinski definition) is 6. The molecule has 0 aromatic heterocycles. The molecule has 0 saturated heterocycles. The minimum absolute atomic E-state index is 0.0875. The number of nitrogens with one attached hydrogen (secondary N) is 3. The maximum absolute atomic E-state index is 13.1. The van der Waals surface area contributed by atoms with Gasteiger partial charge in [-0.1, -0.05) is 51.1 Å². The standard InChI is InChI=1S/C30H35N5O5/c1-30(2,3)25(18-36)34-28(38)21-11-14-24(23(15-21)29(39)40)35(16-19-7-5-4-6-8-19)17-26(37)33-22-12-9-20(10-13-22)27(31)32/h4-15,25,36H,16-18H2,1-3H3,(H3,31,32)(H,33,37)(H,34,38)(H,39,40). The molecule has 210 valence electrons. The van der Waals surface area contributed by atoms with E-state index in [0.29, 0.717) is 11.3 Å². The molecule has 0 heterocycles. The number of carboxylic acid groups (broad SMARTS) is 1. The van der Waals surface area contributed by atoms with Gasteiger partial charge >= 0.3 is 5.97 Å². The van der Waals surface area contributed by atoms with Gasteiger partial charge in [-0.05, 0) is 53.4 Å². The maximum atomic E-state index is 13.1. The minimum atomic E-state index is -1.25. The van der Waals surface area contributed by atoms with Crippen LogP contribution >= 0.6 is 0 Å². The van der Waals surface area contributed by atoms with E-state index in [4.69, 9.17) is 11.1 Å². The first-order chi connectivity index (χ1) is 18.9. The molecule has 0 saturated carbocycles. The van der Waals surface area contributed by atoms with Gasteiger partial charge in [-0.15, -0.1) is 0 Å². The topological polar surface area (TPSA) is 169 Å². The summed E-state index contributed by atoms with van der Waals surface area (Å²) in [6.07, 6.45) is 0. The monoisotopic (exact) mass is 545 g/mol. The molecule has 3 rings (SSSR count). The Bertz CT molecular complexity index is 1370. The average Bonchev–Trinajstić information content (AvgIpc) is 2.91. The summed E-state index contributed by atoms with van der Waals surface area (Å²) in [4.78, 5) is 40.0. The quantitative estimate of drug-likeness (QED) is 0.158. The lowest BCUT2D eigenvalue weighted by atomic mass is 9.87. The van der Waals surface area contributed by atoms with E-state index in [2.05, 4.69) is 10.6 Å². The number of nitrogens with zero attached hydrogens (tertiary/aromatic N) is 1. The summed E-state index contributed by atoms with van der Waals surface area (Å²) in [5.41, 5.74) is 7.21. The predicted molar refractivity (Wildman–Crippen MR) is 155 cm³/mol. The number of nitrogen functional groups attached to an aromatic ring is 1. The van der Waals surface area contributed by atoms with E-state index in [1.165, 1.54) is 18.2 Å². The molecule has 7 N–H and O–H groups in total. The maximum Gasteiger partial charge on any atom is 0.337 e. The Morgan fingerprint density at radius 2 is 1.60 bits per heavy atom. The van der Waals surface area contributed by atoms with Gasteiger partial charge in [-0.25, -0.2) is 4.79 Å². The first-order valence-electron chi connectivity index (χ1n) is 12.7. The number of carbonyl (C=O) groups excluding carboxylic acids is 2. The Labute approximate surface area is 233 Å². The average molecular weight is 546 g/mol. The number of carboxylic acids is 1. The van der Waals surface area contributed by atoms with Crippen LogP contribution < -0.4 is 21.3 Å². The fraction of sp³-hybridized carbons (Fsp3) is 0.267. The number of benzene rings is 3. The van der Waals surface area contributed by atoms with Gasteiger partial charge in [-0.3, -0.25) is 15.0 Å². The van der Waals surface area contributed by atoms with Crippen LogP contribution in [0.5, 0.6) is 0 Å². The van der Waals surface area contributed by atoms with E-state index in [0.717, 1.165) is 5.56 Å². The van der Waals surface area contributed by atoms with E-state index >= 15 is 0 Å². The van der Waals surface area contributed by atoms with Crippen LogP contribution in [-0.4, -0.2) is 53.0 Å². The summed E-state index contributed by atoms with van der Waals surface area (Å²) in [5.74, 6) is -2.24. The third-order valence-electron chi connectivity index (χ3n) is 6.39. The van der Waals surface area contributed by atoms with Crippen molar-refractivity contribution in [3.8, 4) is 0 Å². The first-order valence-corrected chi connectivity index (χ1v) is 12.7. The SMILES string of the molecule is CC(C)(C)C(CO)NC(=O)c1ccc(N(CC(=O)Nc2ccc(C(=N)N)cc2)Cc2ccccc2)c(C(=O)O)c1. The van der Waals surface area contributed by atoms with Crippen molar-refractivity contribution in [2.45, 2.75) is 33.4 Å². The lowest BCUT2D eigenvalue weighted by molar-refractivity contribution is -0.115. The number of aliphatic hydroxyl groups excluding tert-OH is 1. The van der Waals surface area contributed by atoms with Gasteiger partial charge in [0.1, 0.15) is 5.84 Å². The van der Waals surface area contributed by atoms with E-state index in [-0.39, 0.29) is 48.3 Å². The van der Waals surface area contributed by atoms with Crippen LogP contribution in [0.3, 0.4) is 0 Å². The number of aromatic carboxylic acids is 1. The molecule has 0 aliphatic carbocycles. The summed E-state index contributed by atoms with van der Waals surface area (Å²) in [5, 5.41) is 32.8. The van der Waals surface area contributed by atoms with Crippen LogP contribution in [0.15, 0.2) is 72.8 Å². The molecule has 40 heavy (non-hydrogen) atoms. The highest BCUT2D eigenvalue weighted by Crippen LogP contribution is 2.26. The number of hydrogen-bond donors (Lipinski definition) is 6. The highest BCUT2D eigenvalue weighted by molar-refractivity contribution is 6.02. The molecule has 2 amide bonds. The fourth-order valence-corrected chi connectivity index (χ4v) is 4.04. The number of anilines is 2. The molecule has 10 nitrogen and oxygen atoms in total. The zero-order valence-electron chi connectivity index (χ0n) is 22.8. The van der Waals surface area contributed by atoms with Gasteiger partial charge in [0.25, 0.3) is 5.91 Å². The van der Waals surface area contributed by atoms with Crippen molar-refractivity contribution >= 4 is 35.0 Å². The lowest BCUT2D eigenvalue weighted by Gasteiger charge is -2.30. The summed E-state index contributed by atoms with van der Waals surface area (Å²) in [7, 11) is 0. The normalized spacial score (nSPS) is 11.8. The second-order valence-electron chi connectivity index (χ2n) is 10.5. The van der Waals surface area contributed by atoms with Crippen molar-refractivity contribution in [3.63, 3.8) is 0 Å². The lowest BCUT2D eigenvalue weighted by Crippen LogP contribution is -2.46. The van der Waals surface area contributed by atoms with Gasteiger partial charge in [0.15, 0.2) is 0 Å². The van der Waals surface area contributed by atoms with Gasteiger partial charge in [0.2, 0.25) is 5.91 Å². The van der Waals surface area contributed by atoms with Crippen molar-refractivity contribution in [1.82, 2.24) is 5.32 Å². The summed E-state index contributed by atoms with van der Waals surface area (Å²) in [6.45, 7) is 5.43. The van der Waals surface area contributed by atoms with Crippen LogP contribution in [0.1, 0.15) is 52.6 Å². The molecule has 0 aliphatic heterocycles. The van der Waals surface area contributed by atoms with Gasteiger partial charge in [-0.2, -0.15) is 0 Å². The second kappa shape index (κ2) is 12.9. The Hall–Kier alpha value is -4.70. The van der Waals surface area contributed by atoms with E-state index in [9.17, 15) is 24.6 Å². The van der Waals surface area contributed by atoms with E-state index in [1.54, 1.807) is 29.2 Å². The molecule has 10 heteroatoms. The number of carbonyl (C=O) groups is 3. The van der Waals surface area contributed by atoms with Crippen molar-refractivity contribution in [3.05, 3.63) is 95.1 Å². The van der Waals surface area contributed by atoms with Crippen molar-refractivity contribution < 1.29 is 24.6 Å². The largest absolute Gasteiger partial charge is 0.478 e. The number of aliphatic hydroxyl groups is 1. The van der Waals surface area contributed by atoms with Crippen molar-refractivity contribution in [1.29, 1.82) is 5.41 Å². The summed E-state index contributed by atoms with van der Waals surface area (Å²) >= 11 is 0. The van der Waals surface area contributed by atoms with Crippen LogP contribution in [0.25, 0.3) is 0 Å². The first kappa shape index (κ1) is 29.9. The van der Waals surface area contributed by atoms with Crippen LogP contribution in [0.4, 0.5) is 11.4 Å². The number of amides is 2. The van der Waals surface area contributed by atoms with Gasteiger partial charge < -0.3 is 31.5 Å². The Kier molecular flexibility index (Phi) is 9.63. The number of rotatable bonds is 11. The number of amidine groups is 1. The molecule has 0 radical (unpaired) electrons. The molecular weight excluding hydrogens is 510 g/mol. The molecule has 0 aliphatic rings. The Morgan fingerprint density at radius 1 is 0.975 bits per heavy atom. The Morgan fingerprint density at radius 3 is 2.15 bits per heavy atom. The smallest absolute Gasteiger partial charge is 0.337 e. The van der Waals surface area contributed by atoms with Gasteiger partial charge in [0, 0.05) is 23.4 Å². The molecule has 3 aromatic rings. The highest BCUT2D eigenvalue weighted by atomic mass is 16.4. The molecular formula is C30H35N5O5. The summed E-state index contributed by atoms with van der Waals surface area (Å²) in [6, 6.07) is 19.6. The molecule has 0 bridgehead atoms. The van der Waals surface area contributed by atoms with Crippen molar-refractivity contribution in [2.75, 3.05) is 23.4 Å². The molecule has 1 atom stereocenters. The van der Waals surface area contributed by atoms with Crippen molar-refractivity contribution in [2.24, 2.45) is 11.1 Å². The fourth-order valence-electron chi connectivity index (χ4n) is 4.04. The predicted octanol–water partition coefficient (Wildman–Crippen LogP) is 3.45. The van der Waals surface area contributed by atoms with Crippen LogP contribution in [0.2, 0.25) is 0 Å². The molecule has 1 unspecified atom stereocenters. The van der Waals surface area contributed by atoms with Crippen LogP contribution in [0, 0.1) is 10.8 Å². The molecule has 3 aromatic carbocycles. The Balaban J connectivity index is 1.91. The number of nitrogens with two attached hydrogens (primary N) is 1. The third-order valence-corrected chi connectivity index (χ3v) is 6.39. The zero-order chi connectivity index (χ0) is 29.4. The molecule has 0 fully saturated rings.